The molecule has 2 N–H and O–H groups in total. The summed E-state index contributed by atoms with van der Waals surface area (Å²) in [6, 6.07) is 2.55. The number of nitrogens with zero attached hydrogens (tertiary/aromatic N) is 3. The van der Waals surface area contributed by atoms with Gasteiger partial charge in [0.25, 0.3) is 0 Å². The number of aromatic nitrogens is 2. The average Bonchev–Trinajstić information content (AvgIpc) is 2.52. The fourth-order valence-corrected chi connectivity index (χ4v) is 2.28. The van der Waals surface area contributed by atoms with Gasteiger partial charge in [0.2, 0.25) is 5.95 Å². The van der Waals surface area contributed by atoms with Crippen LogP contribution in [0, 0.1) is 18.3 Å². The van der Waals surface area contributed by atoms with E-state index in [1.807, 2.05) is 25.2 Å². The van der Waals surface area contributed by atoms with Crippen LogP contribution < -0.4 is 10.6 Å². The van der Waals surface area contributed by atoms with Gasteiger partial charge >= 0.3 is 0 Å². The summed E-state index contributed by atoms with van der Waals surface area (Å²) in [5.74, 6) is 0.560. The second-order valence-electron chi connectivity index (χ2n) is 5.32. The Balaban J connectivity index is 2.36. The first-order valence-electron chi connectivity index (χ1n) is 7.50. The van der Waals surface area contributed by atoms with Crippen molar-refractivity contribution in [2.24, 2.45) is 0 Å². The molecule has 114 valence electrons. The number of nitriles is 1. The third kappa shape index (κ3) is 3.73. The summed E-state index contributed by atoms with van der Waals surface area (Å²) < 4.78 is 0. The lowest BCUT2D eigenvalue weighted by Crippen LogP contribution is -2.17. The first-order valence-corrected chi connectivity index (χ1v) is 7.50. The Morgan fingerprint density at radius 2 is 2.27 bits per heavy atom. The Bertz CT molecular complexity index is 664. The van der Waals surface area contributed by atoms with Crippen LogP contribution in [0.2, 0.25) is 0 Å². The van der Waals surface area contributed by atoms with E-state index in [1.54, 1.807) is 12.4 Å². The number of allylic oxidation sites excluding steroid dienone is 4. The molecule has 0 aliphatic carbocycles. The summed E-state index contributed by atoms with van der Waals surface area (Å²) >= 11 is 0. The minimum absolute atomic E-state index is 0.300. The standard InChI is InChI=1S/C17H21N5/c1-4-7-13(3)21-17-20-11-12(2)16(22-17)14(10-18)15-8-5-6-9-19-15/h5-6,8-9,11,13,19H,4,7H2,1-3H3,(H,20,21,22)/b15-14-. The first-order chi connectivity index (χ1) is 10.7. The molecule has 1 aliphatic heterocycles. The van der Waals surface area contributed by atoms with E-state index in [4.69, 9.17) is 0 Å². The molecule has 2 rings (SSSR count). The van der Waals surface area contributed by atoms with E-state index >= 15 is 0 Å². The van der Waals surface area contributed by atoms with Crippen molar-refractivity contribution in [3.8, 4) is 6.07 Å². The molecule has 5 nitrogen and oxygen atoms in total. The summed E-state index contributed by atoms with van der Waals surface area (Å²) in [6.45, 7) is 6.16. The van der Waals surface area contributed by atoms with Gasteiger partial charge in [-0.15, -0.1) is 0 Å². The lowest BCUT2D eigenvalue weighted by atomic mass is 10.1. The maximum Gasteiger partial charge on any atom is 0.223 e. The largest absolute Gasteiger partial charge is 0.361 e. The predicted molar refractivity (Wildman–Crippen MR) is 88.7 cm³/mol. The number of hydrogen-bond donors (Lipinski definition) is 2. The van der Waals surface area contributed by atoms with Crippen LogP contribution in [0.15, 0.2) is 36.3 Å². The molecule has 0 spiro atoms. The van der Waals surface area contributed by atoms with Crippen molar-refractivity contribution in [2.75, 3.05) is 5.32 Å². The van der Waals surface area contributed by atoms with Crippen LogP contribution in [-0.4, -0.2) is 16.0 Å². The normalized spacial score (nSPS) is 16.6. The molecule has 2 heterocycles. The zero-order chi connectivity index (χ0) is 15.9. The Labute approximate surface area is 131 Å². The fraction of sp³-hybridized carbons (Fsp3) is 0.353. The highest BCUT2D eigenvalue weighted by Crippen LogP contribution is 2.21. The second kappa shape index (κ2) is 7.41. The zero-order valence-electron chi connectivity index (χ0n) is 13.2. The molecule has 22 heavy (non-hydrogen) atoms. The van der Waals surface area contributed by atoms with Crippen molar-refractivity contribution in [1.29, 1.82) is 5.26 Å². The van der Waals surface area contributed by atoms with Crippen LogP contribution in [0.4, 0.5) is 5.95 Å². The van der Waals surface area contributed by atoms with Crippen LogP contribution >= 0.6 is 0 Å². The highest BCUT2D eigenvalue weighted by atomic mass is 15.1. The molecule has 1 atom stereocenters. The Hall–Kier alpha value is -2.61. The van der Waals surface area contributed by atoms with E-state index < -0.39 is 0 Å². The molecule has 0 bridgehead atoms. The lowest BCUT2D eigenvalue weighted by molar-refractivity contribution is 0.683. The van der Waals surface area contributed by atoms with E-state index in [2.05, 4.69) is 40.5 Å². The van der Waals surface area contributed by atoms with Gasteiger partial charge in [0.1, 0.15) is 11.6 Å². The number of aryl methyl sites for hydroxylation is 1. The van der Waals surface area contributed by atoms with E-state index in [0.717, 1.165) is 24.1 Å². The van der Waals surface area contributed by atoms with Crippen LogP contribution in [-0.2, 0) is 0 Å². The van der Waals surface area contributed by atoms with Crippen molar-refractivity contribution in [3.05, 3.63) is 47.6 Å². The van der Waals surface area contributed by atoms with Gasteiger partial charge in [-0.05, 0) is 38.0 Å². The van der Waals surface area contributed by atoms with Gasteiger partial charge < -0.3 is 10.6 Å². The maximum atomic E-state index is 9.53. The van der Waals surface area contributed by atoms with Crippen molar-refractivity contribution < 1.29 is 0 Å². The number of hydrogen-bond acceptors (Lipinski definition) is 5. The molecular formula is C17H21N5. The summed E-state index contributed by atoms with van der Waals surface area (Å²) in [5, 5.41) is 15.9. The Morgan fingerprint density at radius 1 is 1.45 bits per heavy atom. The minimum atomic E-state index is 0.300. The maximum absolute atomic E-state index is 9.53. The first kappa shape index (κ1) is 15.8. The zero-order valence-corrected chi connectivity index (χ0v) is 13.2. The molecule has 0 aromatic carbocycles. The average molecular weight is 295 g/mol. The predicted octanol–water partition coefficient (Wildman–Crippen LogP) is 3.29. The van der Waals surface area contributed by atoms with Gasteiger partial charge in [-0.25, -0.2) is 9.97 Å². The van der Waals surface area contributed by atoms with Crippen molar-refractivity contribution in [3.63, 3.8) is 0 Å². The minimum Gasteiger partial charge on any atom is -0.361 e. The third-order valence-electron chi connectivity index (χ3n) is 3.40. The van der Waals surface area contributed by atoms with Gasteiger partial charge in [-0.2, -0.15) is 5.26 Å². The van der Waals surface area contributed by atoms with Crippen LogP contribution in [0.3, 0.4) is 0 Å². The van der Waals surface area contributed by atoms with Crippen molar-refractivity contribution >= 4 is 11.5 Å². The third-order valence-corrected chi connectivity index (χ3v) is 3.40. The van der Waals surface area contributed by atoms with Gasteiger partial charge in [-0.3, -0.25) is 0 Å². The van der Waals surface area contributed by atoms with Gasteiger partial charge in [-0.1, -0.05) is 19.4 Å². The van der Waals surface area contributed by atoms with E-state index in [-0.39, 0.29) is 0 Å². The smallest absolute Gasteiger partial charge is 0.223 e. The van der Waals surface area contributed by atoms with Crippen LogP contribution in [0.1, 0.15) is 37.9 Å². The topological polar surface area (TPSA) is 73.6 Å². The van der Waals surface area contributed by atoms with Crippen LogP contribution in [0.25, 0.3) is 5.57 Å². The number of nitrogens with one attached hydrogen (secondary N) is 2. The van der Waals surface area contributed by atoms with Crippen LogP contribution in [0.5, 0.6) is 0 Å². The molecule has 1 aromatic rings. The Morgan fingerprint density at radius 3 is 2.91 bits per heavy atom. The number of anilines is 1. The van der Waals surface area contributed by atoms with Gasteiger partial charge in [0.05, 0.1) is 11.4 Å². The number of rotatable bonds is 5. The molecule has 1 unspecified atom stereocenters. The van der Waals surface area contributed by atoms with Crippen molar-refractivity contribution in [2.45, 2.75) is 39.7 Å². The monoisotopic (exact) mass is 295 g/mol. The highest BCUT2D eigenvalue weighted by molar-refractivity contribution is 5.80. The molecule has 0 amide bonds. The molecule has 1 aliphatic rings. The highest BCUT2D eigenvalue weighted by Gasteiger charge is 2.14. The SMILES string of the molecule is CCCC(C)Nc1ncc(C)c(/C(C#N)=C2/C=CC=CN2)n1. The Kier molecular flexibility index (Phi) is 5.31. The molecular weight excluding hydrogens is 274 g/mol. The van der Waals surface area contributed by atoms with Crippen molar-refractivity contribution in [1.82, 2.24) is 15.3 Å². The molecule has 0 saturated carbocycles. The lowest BCUT2D eigenvalue weighted by Gasteiger charge is -2.15. The molecule has 5 heteroatoms. The fourth-order valence-electron chi connectivity index (χ4n) is 2.28. The number of dihydropyridines is 1. The second-order valence-corrected chi connectivity index (χ2v) is 5.32. The van der Waals surface area contributed by atoms with E-state index in [0.29, 0.717) is 23.3 Å². The van der Waals surface area contributed by atoms with Gasteiger partial charge in [0.15, 0.2) is 0 Å². The van der Waals surface area contributed by atoms with E-state index in [9.17, 15) is 5.26 Å². The molecule has 0 saturated heterocycles. The summed E-state index contributed by atoms with van der Waals surface area (Å²) in [4.78, 5) is 8.86. The molecule has 1 aromatic heterocycles. The summed E-state index contributed by atoms with van der Waals surface area (Å²) in [6.07, 6.45) is 11.3. The quantitative estimate of drug-likeness (QED) is 0.815. The van der Waals surface area contributed by atoms with E-state index in [1.165, 1.54) is 0 Å². The van der Waals surface area contributed by atoms with Gasteiger partial charge in [0, 0.05) is 18.4 Å². The summed E-state index contributed by atoms with van der Waals surface area (Å²) in [5.41, 5.74) is 2.81. The summed E-state index contributed by atoms with van der Waals surface area (Å²) in [7, 11) is 0. The molecule has 0 radical (unpaired) electrons. The molecule has 0 fully saturated rings.